The van der Waals surface area contributed by atoms with E-state index in [2.05, 4.69) is 54.9 Å². The Morgan fingerprint density at radius 2 is 1.80 bits per heavy atom. The minimum atomic E-state index is -0.642. The number of piperidine rings is 1. The minimum absolute atomic E-state index is 0.0885. The summed E-state index contributed by atoms with van der Waals surface area (Å²) in [5.41, 5.74) is 5.33. The van der Waals surface area contributed by atoms with Crippen LogP contribution in [0.15, 0.2) is 48.8 Å². The number of fused-ring (bicyclic) bond motifs is 2. The molecule has 4 aromatic rings. The fourth-order valence-electron chi connectivity index (χ4n) is 10.2. The molecular formula is C49H59N11O6. The number of methoxy groups -OCH3 is 1. The molecule has 9 rings (SSSR count). The number of likely N-dealkylation sites (N-methyl/N-ethyl adjacent to an activating group) is 1. The Kier molecular flexibility index (Phi) is 13.6. The molecule has 4 amide bonds. The molecule has 5 heterocycles. The normalized spacial score (nSPS) is 22.0. The van der Waals surface area contributed by atoms with Crippen LogP contribution in [-0.2, 0) is 25.7 Å². The number of rotatable bonds is 15. The largest absolute Gasteiger partial charge is 0.495 e. The summed E-state index contributed by atoms with van der Waals surface area (Å²) >= 11 is 0. The Bertz CT molecular complexity index is 2520. The highest BCUT2D eigenvalue weighted by Crippen LogP contribution is 2.41. The predicted molar refractivity (Wildman–Crippen MR) is 248 cm³/mol. The molecule has 2 atom stereocenters. The highest BCUT2D eigenvalue weighted by Gasteiger charge is 2.42. The fourth-order valence-corrected chi connectivity index (χ4v) is 10.2. The number of nitrogens with one attached hydrogen (secondary N) is 3. The maximum atomic E-state index is 13.3. The monoisotopic (exact) mass is 897 g/mol. The first-order valence-corrected chi connectivity index (χ1v) is 23.6. The van der Waals surface area contributed by atoms with Gasteiger partial charge in [-0.3, -0.25) is 24.5 Å². The van der Waals surface area contributed by atoms with E-state index in [0.29, 0.717) is 62.3 Å². The molecule has 2 aromatic heterocycles. The molecule has 0 bridgehead atoms. The van der Waals surface area contributed by atoms with Crippen LogP contribution in [0.3, 0.4) is 0 Å². The van der Waals surface area contributed by atoms with Crippen molar-refractivity contribution in [1.82, 2.24) is 40.5 Å². The van der Waals surface area contributed by atoms with Crippen LogP contribution in [0.2, 0.25) is 0 Å². The quantitative estimate of drug-likeness (QED) is 0.0753. The van der Waals surface area contributed by atoms with Crippen molar-refractivity contribution in [3.05, 3.63) is 65.5 Å². The molecule has 0 radical (unpaired) electrons. The average Bonchev–Trinajstić information content (AvgIpc) is 4.12. The van der Waals surface area contributed by atoms with Gasteiger partial charge < -0.3 is 34.8 Å². The summed E-state index contributed by atoms with van der Waals surface area (Å²) in [6, 6.07) is 11.5. The minimum Gasteiger partial charge on any atom is -0.495 e. The molecule has 1 saturated heterocycles. The maximum Gasteiger partial charge on any atom is 0.255 e. The number of ether oxygens (including phenoxy) is 2. The van der Waals surface area contributed by atoms with E-state index in [1.54, 1.807) is 29.2 Å². The fraction of sp³-hybridized carbons (Fsp3) is 0.510. The lowest BCUT2D eigenvalue weighted by atomic mass is 9.91. The molecule has 346 valence electrons. The molecule has 17 nitrogen and oxygen atoms in total. The average molecular weight is 898 g/mol. The van der Waals surface area contributed by atoms with Crippen LogP contribution in [0.4, 0.5) is 23.1 Å². The van der Waals surface area contributed by atoms with Gasteiger partial charge in [-0.2, -0.15) is 4.98 Å². The van der Waals surface area contributed by atoms with Gasteiger partial charge >= 0.3 is 0 Å². The van der Waals surface area contributed by atoms with E-state index in [1.165, 1.54) is 0 Å². The summed E-state index contributed by atoms with van der Waals surface area (Å²) < 4.78 is 13.7. The molecule has 17 heteroatoms. The van der Waals surface area contributed by atoms with Crippen LogP contribution in [0.5, 0.6) is 5.75 Å². The highest BCUT2D eigenvalue weighted by molar-refractivity contribution is 6.06. The third-order valence-corrected chi connectivity index (χ3v) is 13.8. The zero-order valence-electron chi connectivity index (χ0n) is 38.1. The van der Waals surface area contributed by atoms with Gasteiger partial charge in [0, 0.05) is 68.4 Å². The number of hydrogen-bond acceptors (Lipinski definition) is 13. The molecule has 3 N–H and O–H groups in total. The summed E-state index contributed by atoms with van der Waals surface area (Å²) in [6.45, 7) is 4.40. The zero-order chi connectivity index (χ0) is 45.7. The molecule has 66 heavy (non-hydrogen) atoms. The lowest BCUT2D eigenvalue weighted by Gasteiger charge is -2.43. The van der Waals surface area contributed by atoms with Crippen molar-refractivity contribution in [3.8, 4) is 28.8 Å². The van der Waals surface area contributed by atoms with E-state index >= 15 is 0 Å². The van der Waals surface area contributed by atoms with Gasteiger partial charge in [-0.05, 0) is 87.6 Å². The Balaban J connectivity index is 0.707. The van der Waals surface area contributed by atoms with Crippen molar-refractivity contribution >= 4 is 46.8 Å². The van der Waals surface area contributed by atoms with Gasteiger partial charge in [0.1, 0.15) is 29.2 Å². The Morgan fingerprint density at radius 1 is 0.970 bits per heavy atom. The van der Waals surface area contributed by atoms with Crippen LogP contribution in [0.25, 0.3) is 11.3 Å². The number of amides is 4. The van der Waals surface area contributed by atoms with Crippen LogP contribution >= 0.6 is 0 Å². The third-order valence-electron chi connectivity index (χ3n) is 13.8. The standard InChI is InChI=1S/C49H59N11O6/c1-4-40-48(64)57(2)42-28-51-49(54-45(42)60(40)35-13-7-8-14-35)52-38-21-16-32(27-43(38)65-3)39-30-59(56-55-39)34-19-17-33(18-20-34)50-24-26-66-25-9-5-6-11-31-12-10-15-36-37(31)29-58(47(36)63)41-22-23-44(61)53-46(41)62/h10,12,15-16,21,27-28,30,33-35,40-41,50H,4-5,7-9,13-14,17-20,22-26,29H2,1-3H3,(H,51,52,54)(H,53,61,62)/t33?,34?,40-,41?/m1/s1. The number of carbonyl (C=O) groups is 4. The second-order valence-electron chi connectivity index (χ2n) is 17.9. The number of imide groups is 1. The maximum absolute atomic E-state index is 13.3. The summed E-state index contributed by atoms with van der Waals surface area (Å²) in [6.07, 6.45) is 15.0. The van der Waals surface area contributed by atoms with Crippen LogP contribution in [-0.4, -0.2) is 112 Å². The van der Waals surface area contributed by atoms with Gasteiger partial charge in [0.05, 0.1) is 37.8 Å². The number of unbranched alkanes of at least 4 members (excludes halogenated alkanes) is 1. The SMILES string of the molecule is CC[C@@H]1C(=O)N(C)c2cnc(Nc3ccc(-c4cn(C5CCC(NCCOCCCC#Cc6cccc7c6CN(C6CCC(=O)NC6=O)C7=O)CC5)nn4)cc3OC)nc2N1C1CCCC1. The first-order chi connectivity index (χ1) is 32.2. The Labute approximate surface area is 385 Å². The topological polar surface area (TPSA) is 189 Å². The number of nitrogens with zero attached hydrogens (tertiary/aromatic N) is 8. The number of hydrogen-bond donors (Lipinski definition) is 3. The van der Waals surface area contributed by atoms with Crippen LogP contribution in [0, 0.1) is 11.8 Å². The van der Waals surface area contributed by atoms with Crippen molar-refractivity contribution in [1.29, 1.82) is 0 Å². The summed E-state index contributed by atoms with van der Waals surface area (Å²) in [7, 11) is 3.45. The summed E-state index contributed by atoms with van der Waals surface area (Å²) in [5, 5.41) is 18.5. The molecule has 3 aliphatic heterocycles. The van der Waals surface area contributed by atoms with Crippen molar-refractivity contribution in [3.63, 3.8) is 0 Å². The van der Waals surface area contributed by atoms with Crippen molar-refractivity contribution < 1.29 is 28.7 Å². The van der Waals surface area contributed by atoms with Crippen molar-refractivity contribution in [2.45, 2.75) is 127 Å². The van der Waals surface area contributed by atoms with E-state index in [-0.39, 0.29) is 42.3 Å². The van der Waals surface area contributed by atoms with E-state index in [1.807, 2.05) is 48.3 Å². The lowest BCUT2D eigenvalue weighted by Crippen LogP contribution is -2.55. The van der Waals surface area contributed by atoms with Gasteiger partial charge in [-0.15, -0.1) is 5.10 Å². The number of benzene rings is 2. The summed E-state index contributed by atoms with van der Waals surface area (Å²) in [5.74, 6) is 7.51. The molecule has 2 aromatic carbocycles. The molecule has 3 fully saturated rings. The molecule has 1 unspecified atom stereocenters. The molecule has 2 saturated carbocycles. The van der Waals surface area contributed by atoms with Crippen molar-refractivity contribution in [2.24, 2.45) is 0 Å². The Morgan fingerprint density at radius 3 is 2.59 bits per heavy atom. The van der Waals surface area contributed by atoms with Crippen LogP contribution in [0.1, 0.15) is 118 Å². The second-order valence-corrected chi connectivity index (χ2v) is 17.9. The molecule has 5 aliphatic rings. The van der Waals surface area contributed by atoms with Crippen molar-refractivity contribution in [2.75, 3.05) is 49.0 Å². The second kappa shape index (κ2) is 20.0. The Hall–Kier alpha value is -6.38. The van der Waals surface area contributed by atoms with E-state index in [9.17, 15) is 19.2 Å². The smallest absolute Gasteiger partial charge is 0.255 e. The van der Waals surface area contributed by atoms with Gasteiger partial charge in [0.2, 0.25) is 23.7 Å². The lowest BCUT2D eigenvalue weighted by molar-refractivity contribution is -0.137. The molecule has 0 spiro atoms. The molecular weight excluding hydrogens is 839 g/mol. The zero-order valence-corrected chi connectivity index (χ0v) is 38.1. The van der Waals surface area contributed by atoms with Crippen LogP contribution < -0.4 is 30.5 Å². The van der Waals surface area contributed by atoms with Gasteiger partial charge in [0.15, 0.2) is 5.82 Å². The number of carbonyl (C=O) groups excluding carboxylic acids is 4. The van der Waals surface area contributed by atoms with E-state index in [0.717, 1.165) is 104 Å². The van der Waals surface area contributed by atoms with Gasteiger partial charge in [0.25, 0.3) is 5.91 Å². The van der Waals surface area contributed by atoms with Gasteiger partial charge in [-0.1, -0.05) is 49.0 Å². The first kappa shape index (κ1) is 44.8. The van der Waals surface area contributed by atoms with E-state index in [4.69, 9.17) is 14.5 Å². The molecule has 2 aliphatic carbocycles. The third kappa shape index (κ3) is 9.34. The van der Waals surface area contributed by atoms with E-state index < -0.39 is 11.9 Å². The number of aromatic nitrogens is 5. The summed E-state index contributed by atoms with van der Waals surface area (Å²) in [4.78, 5) is 65.6. The van der Waals surface area contributed by atoms with Gasteiger partial charge in [-0.25, -0.2) is 9.67 Å². The highest BCUT2D eigenvalue weighted by atomic mass is 16.5. The predicted octanol–water partition coefficient (Wildman–Crippen LogP) is 5.67. The number of anilines is 4. The first-order valence-electron chi connectivity index (χ1n) is 23.6.